The molecule has 3 rings (SSSR count). The third-order valence-electron chi connectivity index (χ3n) is 2.96. The number of para-hydroxylation sites is 1. The molecule has 0 atom stereocenters. The molecule has 20 heavy (non-hydrogen) atoms. The third-order valence-corrected chi connectivity index (χ3v) is 2.96. The second-order valence-corrected chi connectivity index (χ2v) is 4.39. The first-order valence-corrected chi connectivity index (χ1v) is 6.41. The van der Waals surface area contributed by atoms with Gasteiger partial charge in [-0.15, -0.1) is 0 Å². The summed E-state index contributed by atoms with van der Waals surface area (Å²) < 4.78 is 3.43. The van der Waals surface area contributed by atoms with Crippen molar-refractivity contribution in [1.82, 2.24) is 30.0 Å². The van der Waals surface area contributed by atoms with E-state index >= 15 is 0 Å². The number of tetrazole rings is 1. The first-order valence-electron chi connectivity index (χ1n) is 6.41. The summed E-state index contributed by atoms with van der Waals surface area (Å²) in [7, 11) is 1.89. The van der Waals surface area contributed by atoms with E-state index in [0.717, 1.165) is 23.5 Å². The molecule has 1 N–H and O–H groups in total. The van der Waals surface area contributed by atoms with Crippen LogP contribution < -0.4 is 5.32 Å². The summed E-state index contributed by atoms with van der Waals surface area (Å²) in [6.45, 7) is 2.06. The number of nitrogens with one attached hydrogen (secondary N) is 1. The summed E-state index contributed by atoms with van der Waals surface area (Å²) in [6, 6.07) is 9.75. The first kappa shape index (κ1) is 12.3. The largest absolute Gasteiger partial charge is 0.320 e. The van der Waals surface area contributed by atoms with Gasteiger partial charge in [-0.1, -0.05) is 30.2 Å². The molecule has 0 unspecified atom stereocenters. The van der Waals surface area contributed by atoms with Gasteiger partial charge in [-0.05, 0) is 29.0 Å². The number of anilines is 2. The Labute approximate surface area is 116 Å². The maximum absolute atomic E-state index is 4.39. The third kappa shape index (κ3) is 2.25. The highest BCUT2D eigenvalue weighted by Crippen LogP contribution is 2.20. The predicted molar refractivity (Wildman–Crippen MR) is 75.0 cm³/mol. The predicted octanol–water partition coefficient (Wildman–Crippen LogP) is 1.70. The van der Waals surface area contributed by atoms with E-state index in [1.54, 1.807) is 9.36 Å². The minimum absolute atomic E-state index is 0.568. The van der Waals surface area contributed by atoms with Crippen molar-refractivity contribution in [3.63, 3.8) is 0 Å². The second kappa shape index (κ2) is 5.12. The topological polar surface area (TPSA) is 73.5 Å². The van der Waals surface area contributed by atoms with Gasteiger partial charge < -0.3 is 5.32 Å². The van der Waals surface area contributed by atoms with Gasteiger partial charge in [0.25, 0.3) is 5.95 Å². The lowest BCUT2D eigenvalue weighted by atomic mass is 10.3. The number of hydrogen-bond acceptors (Lipinski definition) is 5. The molecule has 0 saturated carbocycles. The van der Waals surface area contributed by atoms with Crippen molar-refractivity contribution in [3.05, 3.63) is 42.2 Å². The molecule has 2 aromatic heterocycles. The Balaban J connectivity index is 1.94. The second-order valence-electron chi connectivity index (χ2n) is 4.39. The summed E-state index contributed by atoms with van der Waals surface area (Å²) in [5, 5.41) is 19.4. The lowest BCUT2D eigenvalue weighted by Crippen LogP contribution is -2.03. The standard InChI is InChI=1S/C13H15N7/c1-3-11-12(9-19(2)16-11)14-13-15-17-18-20(13)10-7-5-4-6-8-10/h4-9H,3H2,1-2H3,(H,14,15,18). The Bertz CT molecular complexity index is 699. The minimum Gasteiger partial charge on any atom is -0.320 e. The van der Waals surface area contributed by atoms with Crippen molar-refractivity contribution in [2.45, 2.75) is 13.3 Å². The Morgan fingerprint density at radius 2 is 2.00 bits per heavy atom. The number of rotatable bonds is 4. The number of nitrogens with zero attached hydrogens (tertiary/aromatic N) is 6. The molecule has 7 nitrogen and oxygen atoms in total. The van der Waals surface area contributed by atoms with Gasteiger partial charge in [0.2, 0.25) is 0 Å². The van der Waals surface area contributed by atoms with Crippen LogP contribution in [-0.2, 0) is 13.5 Å². The monoisotopic (exact) mass is 269 g/mol. The SMILES string of the molecule is CCc1nn(C)cc1Nc1nnnn1-c1ccccc1. The summed E-state index contributed by atoms with van der Waals surface area (Å²) in [5.41, 5.74) is 2.80. The maximum atomic E-state index is 4.39. The normalized spacial score (nSPS) is 10.7. The zero-order valence-electron chi connectivity index (χ0n) is 11.4. The van der Waals surface area contributed by atoms with E-state index in [0.29, 0.717) is 5.95 Å². The van der Waals surface area contributed by atoms with E-state index in [9.17, 15) is 0 Å². The minimum atomic E-state index is 0.568. The van der Waals surface area contributed by atoms with Gasteiger partial charge in [0, 0.05) is 13.2 Å². The highest BCUT2D eigenvalue weighted by Gasteiger charge is 2.12. The molecular weight excluding hydrogens is 254 g/mol. The van der Waals surface area contributed by atoms with E-state index in [-0.39, 0.29) is 0 Å². The molecule has 7 heteroatoms. The summed E-state index contributed by atoms with van der Waals surface area (Å²) in [6.07, 6.45) is 2.76. The van der Waals surface area contributed by atoms with Crippen molar-refractivity contribution in [3.8, 4) is 5.69 Å². The molecule has 2 heterocycles. The van der Waals surface area contributed by atoms with Crippen LogP contribution >= 0.6 is 0 Å². The van der Waals surface area contributed by atoms with Crippen LogP contribution in [0.5, 0.6) is 0 Å². The zero-order valence-corrected chi connectivity index (χ0v) is 11.4. The van der Waals surface area contributed by atoms with Crippen molar-refractivity contribution < 1.29 is 0 Å². The van der Waals surface area contributed by atoms with Crippen LogP contribution in [0.15, 0.2) is 36.5 Å². The van der Waals surface area contributed by atoms with Crippen LogP contribution in [-0.4, -0.2) is 30.0 Å². The molecular formula is C13H15N7. The van der Waals surface area contributed by atoms with Crippen LogP contribution in [0, 0.1) is 0 Å². The summed E-state index contributed by atoms with van der Waals surface area (Å²) in [5.74, 6) is 0.568. The Kier molecular flexibility index (Phi) is 3.16. The fraction of sp³-hybridized carbons (Fsp3) is 0.231. The molecule has 0 fully saturated rings. The van der Waals surface area contributed by atoms with E-state index in [2.05, 4.69) is 32.9 Å². The zero-order chi connectivity index (χ0) is 13.9. The van der Waals surface area contributed by atoms with E-state index < -0.39 is 0 Å². The van der Waals surface area contributed by atoms with Crippen LogP contribution in [0.2, 0.25) is 0 Å². The quantitative estimate of drug-likeness (QED) is 0.780. The fourth-order valence-electron chi connectivity index (χ4n) is 2.03. The molecule has 0 bridgehead atoms. The van der Waals surface area contributed by atoms with Crippen molar-refractivity contribution in [2.24, 2.45) is 7.05 Å². The molecule has 1 aromatic carbocycles. The molecule has 0 spiro atoms. The Hall–Kier alpha value is -2.70. The molecule has 0 aliphatic rings. The van der Waals surface area contributed by atoms with Crippen molar-refractivity contribution in [1.29, 1.82) is 0 Å². The lowest BCUT2D eigenvalue weighted by Gasteiger charge is -2.06. The summed E-state index contributed by atoms with van der Waals surface area (Å²) >= 11 is 0. The van der Waals surface area contributed by atoms with Crippen LogP contribution in [0.25, 0.3) is 5.69 Å². The molecule has 0 amide bonds. The molecule has 3 aromatic rings. The van der Waals surface area contributed by atoms with Crippen LogP contribution in [0.3, 0.4) is 0 Å². The van der Waals surface area contributed by atoms with E-state index in [1.165, 1.54) is 0 Å². The molecule has 0 saturated heterocycles. The molecule has 102 valence electrons. The average Bonchev–Trinajstić information content (AvgIpc) is 3.07. The highest BCUT2D eigenvalue weighted by molar-refractivity contribution is 5.56. The van der Waals surface area contributed by atoms with Crippen LogP contribution in [0.1, 0.15) is 12.6 Å². The van der Waals surface area contributed by atoms with Gasteiger partial charge in [0.1, 0.15) is 0 Å². The van der Waals surface area contributed by atoms with Crippen molar-refractivity contribution >= 4 is 11.6 Å². The maximum Gasteiger partial charge on any atom is 0.252 e. The Morgan fingerprint density at radius 1 is 1.20 bits per heavy atom. The van der Waals surface area contributed by atoms with Gasteiger partial charge in [0.15, 0.2) is 0 Å². The summed E-state index contributed by atoms with van der Waals surface area (Å²) in [4.78, 5) is 0. The molecule has 0 aliphatic carbocycles. The van der Waals surface area contributed by atoms with Gasteiger partial charge in [0.05, 0.1) is 17.1 Å². The number of benzene rings is 1. The van der Waals surface area contributed by atoms with Gasteiger partial charge in [-0.3, -0.25) is 4.68 Å². The lowest BCUT2D eigenvalue weighted by molar-refractivity contribution is 0.746. The molecule has 0 radical (unpaired) electrons. The first-order chi connectivity index (χ1) is 9.78. The number of aryl methyl sites for hydroxylation is 2. The smallest absolute Gasteiger partial charge is 0.252 e. The Morgan fingerprint density at radius 3 is 2.75 bits per heavy atom. The number of aromatic nitrogens is 6. The van der Waals surface area contributed by atoms with E-state index in [1.807, 2.05) is 43.6 Å². The average molecular weight is 269 g/mol. The van der Waals surface area contributed by atoms with Gasteiger partial charge in [-0.2, -0.15) is 9.78 Å². The fourth-order valence-corrected chi connectivity index (χ4v) is 2.03. The van der Waals surface area contributed by atoms with E-state index in [4.69, 9.17) is 0 Å². The van der Waals surface area contributed by atoms with Gasteiger partial charge >= 0.3 is 0 Å². The highest BCUT2D eigenvalue weighted by atomic mass is 15.6. The number of hydrogen-bond donors (Lipinski definition) is 1. The van der Waals surface area contributed by atoms with Crippen LogP contribution in [0.4, 0.5) is 11.6 Å². The molecule has 0 aliphatic heterocycles. The van der Waals surface area contributed by atoms with Crippen molar-refractivity contribution in [2.75, 3.05) is 5.32 Å². The van der Waals surface area contributed by atoms with Gasteiger partial charge in [-0.25, -0.2) is 0 Å².